The number of carbonyl (C=O) groups is 1. The molecule has 0 aliphatic carbocycles. The molecule has 0 unspecified atom stereocenters. The van der Waals surface area contributed by atoms with Crippen molar-refractivity contribution in [2.75, 3.05) is 6.61 Å². The number of thioether (sulfide) groups is 1. The second-order valence-corrected chi connectivity index (χ2v) is 8.02. The quantitative estimate of drug-likeness (QED) is 0.424. The van der Waals surface area contributed by atoms with E-state index in [9.17, 15) is 4.79 Å². The van der Waals surface area contributed by atoms with Crippen LogP contribution in [0.4, 0.5) is 0 Å². The molecule has 1 N–H and O–H groups in total. The van der Waals surface area contributed by atoms with Crippen molar-refractivity contribution in [1.82, 2.24) is 4.98 Å². The molecule has 142 valence electrons. The van der Waals surface area contributed by atoms with E-state index in [2.05, 4.69) is 17.1 Å². The largest absolute Gasteiger partial charge is 0.482 e. The Bertz CT molecular complexity index is 852. The molecule has 1 aromatic heterocycles. The van der Waals surface area contributed by atoms with Gasteiger partial charge in [0, 0.05) is 16.2 Å². The molecule has 0 spiro atoms. The summed E-state index contributed by atoms with van der Waals surface area (Å²) in [4.78, 5) is 17.7. The van der Waals surface area contributed by atoms with Gasteiger partial charge in [0.15, 0.2) is 6.61 Å². The maximum atomic E-state index is 10.6. The average molecular weight is 402 g/mol. The normalized spacial score (nSPS) is 12.6. The molecular weight excluding hydrogens is 378 g/mol. The number of thiazole rings is 1. The van der Waals surface area contributed by atoms with Crippen molar-refractivity contribution < 1.29 is 14.6 Å². The molecule has 0 aliphatic rings. The number of aliphatic carboxylic acids is 1. The number of ether oxygens (including phenoxy) is 1. The summed E-state index contributed by atoms with van der Waals surface area (Å²) in [5.41, 5.74) is 2.21. The van der Waals surface area contributed by atoms with Crippen LogP contribution >= 0.6 is 23.1 Å². The van der Waals surface area contributed by atoms with Crippen molar-refractivity contribution in [1.29, 1.82) is 0 Å². The van der Waals surface area contributed by atoms with Crippen LogP contribution in [-0.2, 0) is 15.3 Å². The van der Waals surface area contributed by atoms with E-state index in [-0.39, 0.29) is 6.61 Å². The third-order valence-corrected chi connectivity index (χ3v) is 5.93. The van der Waals surface area contributed by atoms with Crippen molar-refractivity contribution in [2.45, 2.75) is 26.5 Å². The summed E-state index contributed by atoms with van der Waals surface area (Å²) in [5, 5.41) is 9.77. The maximum absolute atomic E-state index is 10.6. The Morgan fingerprint density at radius 2 is 2.04 bits per heavy atom. The lowest BCUT2D eigenvalue weighted by Crippen LogP contribution is -2.05. The number of aryl methyl sites for hydroxylation is 1. The van der Waals surface area contributed by atoms with Crippen molar-refractivity contribution >= 4 is 29.1 Å². The van der Waals surface area contributed by atoms with Gasteiger partial charge in [-0.2, -0.15) is 0 Å². The summed E-state index contributed by atoms with van der Waals surface area (Å²) in [6, 6.07) is 10.2. The zero-order chi connectivity index (χ0) is 19.6. The molecule has 27 heavy (non-hydrogen) atoms. The molecule has 0 aliphatic heterocycles. The van der Waals surface area contributed by atoms with Crippen LogP contribution in [0.5, 0.6) is 0 Å². The minimum Gasteiger partial charge on any atom is -0.482 e. The van der Waals surface area contributed by atoms with E-state index >= 15 is 0 Å². The predicted molar refractivity (Wildman–Crippen MR) is 114 cm³/mol. The Morgan fingerprint density at radius 3 is 2.70 bits per heavy atom. The number of carboxylic acids is 1. The van der Waals surface area contributed by atoms with Gasteiger partial charge in [-0.3, -0.25) is 0 Å². The summed E-state index contributed by atoms with van der Waals surface area (Å²) < 4.78 is 5.24. The van der Waals surface area contributed by atoms with Crippen molar-refractivity contribution in [3.05, 3.63) is 75.9 Å². The summed E-state index contributed by atoms with van der Waals surface area (Å²) in [5.74, 6) is 0.386. The smallest absolute Gasteiger partial charge is 0.341 e. The zero-order valence-electron chi connectivity index (χ0n) is 15.6. The number of aromatic nitrogens is 1. The Balaban J connectivity index is 2.00. The monoisotopic (exact) mass is 401 g/mol. The van der Waals surface area contributed by atoms with Crippen LogP contribution in [0.1, 0.15) is 24.4 Å². The fraction of sp³-hybridized carbons (Fsp3) is 0.238. The van der Waals surface area contributed by atoms with Crippen LogP contribution in [0.25, 0.3) is 10.6 Å². The van der Waals surface area contributed by atoms with Gasteiger partial charge < -0.3 is 9.84 Å². The Kier molecular flexibility index (Phi) is 8.36. The second-order valence-electron chi connectivity index (χ2n) is 5.71. The number of hydrogen-bond donors (Lipinski definition) is 1. The van der Waals surface area contributed by atoms with E-state index in [0.717, 1.165) is 26.9 Å². The fourth-order valence-corrected chi connectivity index (χ4v) is 4.16. The third-order valence-electron chi connectivity index (χ3n) is 3.52. The molecule has 0 saturated heterocycles. The molecule has 4 nitrogen and oxygen atoms in total. The summed E-state index contributed by atoms with van der Waals surface area (Å²) in [7, 11) is 0. The molecule has 2 rings (SSSR count). The highest BCUT2D eigenvalue weighted by molar-refractivity contribution is 8.02. The van der Waals surface area contributed by atoms with E-state index in [4.69, 9.17) is 9.84 Å². The summed E-state index contributed by atoms with van der Waals surface area (Å²) in [6.45, 7) is 5.58. The number of allylic oxidation sites excluding steroid dienone is 5. The highest BCUT2D eigenvalue weighted by Gasteiger charge is 2.09. The molecule has 0 bridgehead atoms. The highest BCUT2D eigenvalue weighted by atomic mass is 32.2. The minimum atomic E-state index is -0.990. The number of carboxylic acid groups (broad SMARTS) is 1. The molecule has 0 amide bonds. The Hall–Kier alpha value is -2.31. The first-order valence-electron chi connectivity index (χ1n) is 8.50. The molecule has 0 saturated carbocycles. The Morgan fingerprint density at radius 1 is 1.30 bits per heavy atom. The van der Waals surface area contributed by atoms with Gasteiger partial charge in [0.2, 0.25) is 0 Å². The third kappa shape index (κ3) is 7.07. The highest BCUT2D eigenvalue weighted by Crippen LogP contribution is 2.32. The van der Waals surface area contributed by atoms with Crippen molar-refractivity contribution in [3.8, 4) is 10.6 Å². The van der Waals surface area contributed by atoms with Crippen LogP contribution in [-0.4, -0.2) is 22.7 Å². The second kappa shape index (κ2) is 10.7. The zero-order valence-corrected chi connectivity index (χ0v) is 17.3. The van der Waals surface area contributed by atoms with Crippen LogP contribution in [0.3, 0.4) is 0 Å². The van der Waals surface area contributed by atoms with E-state index in [1.54, 1.807) is 35.3 Å². The topological polar surface area (TPSA) is 59.4 Å². The van der Waals surface area contributed by atoms with Crippen LogP contribution < -0.4 is 0 Å². The molecule has 1 aromatic carbocycles. The van der Waals surface area contributed by atoms with E-state index in [1.165, 1.54) is 4.88 Å². The van der Waals surface area contributed by atoms with Crippen LogP contribution in [0.2, 0.25) is 0 Å². The van der Waals surface area contributed by atoms with E-state index in [0.29, 0.717) is 5.76 Å². The molecule has 1 heterocycles. The van der Waals surface area contributed by atoms with Gasteiger partial charge in [-0.25, -0.2) is 9.78 Å². The number of hydrogen-bond acceptors (Lipinski definition) is 5. The van der Waals surface area contributed by atoms with E-state index in [1.807, 2.05) is 51.1 Å². The van der Waals surface area contributed by atoms with Gasteiger partial charge in [0.1, 0.15) is 10.8 Å². The molecule has 0 fully saturated rings. The van der Waals surface area contributed by atoms with Gasteiger partial charge in [-0.05, 0) is 43.9 Å². The van der Waals surface area contributed by atoms with Crippen molar-refractivity contribution in [2.24, 2.45) is 0 Å². The van der Waals surface area contributed by atoms with Gasteiger partial charge >= 0.3 is 5.97 Å². The number of benzene rings is 1. The van der Waals surface area contributed by atoms with Gasteiger partial charge in [-0.1, -0.05) is 36.4 Å². The lowest BCUT2D eigenvalue weighted by atomic mass is 10.2. The lowest BCUT2D eigenvalue weighted by Gasteiger charge is -2.03. The van der Waals surface area contributed by atoms with Gasteiger partial charge in [-0.15, -0.1) is 23.1 Å². The molecular formula is C21H23NO3S2. The van der Waals surface area contributed by atoms with Crippen LogP contribution in [0.15, 0.2) is 65.3 Å². The number of rotatable bonds is 9. The van der Waals surface area contributed by atoms with Crippen LogP contribution in [0, 0.1) is 6.92 Å². The first-order valence-corrected chi connectivity index (χ1v) is 10.3. The molecule has 0 radical (unpaired) electrons. The Labute approximate surface area is 168 Å². The first-order chi connectivity index (χ1) is 13.0. The van der Waals surface area contributed by atoms with E-state index < -0.39 is 5.97 Å². The average Bonchev–Trinajstić information content (AvgIpc) is 3.03. The van der Waals surface area contributed by atoms with Crippen molar-refractivity contribution in [3.63, 3.8) is 0 Å². The molecule has 6 heteroatoms. The van der Waals surface area contributed by atoms with Gasteiger partial charge in [0.25, 0.3) is 0 Å². The first kappa shape index (κ1) is 21.0. The lowest BCUT2D eigenvalue weighted by molar-refractivity contribution is -0.140. The molecule has 2 aromatic rings. The number of nitrogens with zero attached hydrogens (tertiary/aromatic N) is 1. The molecule has 0 atom stereocenters. The fourth-order valence-electron chi connectivity index (χ4n) is 2.15. The minimum absolute atomic E-state index is 0.349. The van der Waals surface area contributed by atoms with Gasteiger partial charge in [0.05, 0.1) is 5.69 Å². The summed E-state index contributed by atoms with van der Waals surface area (Å²) >= 11 is 3.45. The predicted octanol–water partition coefficient (Wildman–Crippen LogP) is 5.82. The standard InChI is InChI=1S/C21H23NO3S2/c1-4-8-18(25-13-20(23)24)12-11-15(2)26-14-19-16(3)22-21(27-19)17-9-6-5-7-10-17/h4-12H,13-14H2,1-3H3,(H,23,24)/b8-4-,15-11+,18-12+. The SMILES string of the molecule is C\C=C/C(=C\C=C(/C)SCc1sc(-c2ccccc2)nc1C)OCC(=O)O. The summed E-state index contributed by atoms with van der Waals surface area (Å²) in [6.07, 6.45) is 7.29. The maximum Gasteiger partial charge on any atom is 0.341 e.